The van der Waals surface area contributed by atoms with Crippen LogP contribution in [0.4, 0.5) is 0 Å². The summed E-state index contributed by atoms with van der Waals surface area (Å²) in [6, 6.07) is 0. The molecule has 2 N–H and O–H groups in total. The van der Waals surface area contributed by atoms with E-state index in [-0.39, 0.29) is 28.7 Å². The molecule has 1 aromatic rings. The number of nitrogens with one attached hydrogen (secondary N) is 2. The minimum Gasteiger partial charge on any atom is -0.357 e. The average molecular weight is 456 g/mol. The summed E-state index contributed by atoms with van der Waals surface area (Å²) in [5.74, 6) is 0.893. The van der Waals surface area contributed by atoms with Crippen molar-refractivity contribution in [3.8, 4) is 0 Å². The number of aryl methyl sites for hydroxylation is 2. The summed E-state index contributed by atoms with van der Waals surface area (Å²) in [5.41, 5.74) is 1.15. The van der Waals surface area contributed by atoms with Crippen molar-refractivity contribution < 1.29 is 0 Å². The molecule has 0 aliphatic rings. The second-order valence-corrected chi connectivity index (χ2v) is 8.39. The van der Waals surface area contributed by atoms with Crippen molar-refractivity contribution in [2.24, 2.45) is 4.99 Å². The van der Waals surface area contributed by atoms with Crippen LogP contribution in [0, 0.1) is 13.8 Å². The molecule has 0 aliphatic carbocycles. The van der Waals surface area contributed by atoms with E-state index in [1.54, 1.807) is 11.3 Å². The Morgan fingerprint density at radius 3 is 2.50 bits per heavy atom. The summed E-state index contributed by atoms with van der Waals surface area (Å²) < 4.78 is 0.173. The van der Waals surface area contributed by atoms with E-state index in [9.17, 15) is 0 Å². The van der Waals surface area contributed by atoms with Crippen LogP contribution in [0.2, 0.25) is 0 Å². The molecule has 0 saturated heterocycles. The van der Waals surface area contributed by atoms with Crippen LogP contribution in [0.1, 0.15) is 36.3 Å². The van der Waals surface area contributed by atoms with Gasteiger partial charge < -0.3 is 10.6 Å². The van der Waals surface area contributed by atoms with Crippen molar-refractivity contribution in [2.75, 3.05) is 25.9 Å². The normalized spacial score (nSPS) is 12.0. The number of rotatable bonds is 7. The fraction of sp³-hybridized carbons (Fsp3) is 0.733. The summed E-state index contributed by atoms with van der Waals surface area (Å²) in [5, 5.41) is 7.88. The third-order valence-corrected chi connectivity index (χ3v) is 5.59. The molecule has 0 atom stereocenters. The van der Waals surface area contributed by atoms with Crippen molar-refractivity contribution >= 4 is 53.0 Å². The highest BCUT2D eigenvalue weighted by molar-refractivity contribution is 14.0. The molecule has 0 aliphatic heterocycles. The minimum absolute atomic E-state index is 0. The molecule has 0 spiro atoms. The number of thiazole rings is 1. The lowest BCUT2D eigenvalue weighted by Crippen LogP contribution is -2.39. The highest BCUT2D eigenvalue weighted by atomic mass is 127. The van der Waals surface area contributed by atoms with E-state index in [4.69, 9.17) is 0 Å². The Hall–Kier alpha value is -0.0200. The molecule has 0 fully saturated rings. The Morgan fingerprint density at radius 1 is 1.32 bits per heavy atom. The molecular formula is C15H29IN4S2. The van der Waals surface area contributed by atoms with E-state index in [0.717, 1.165) is 37.7 Å². The van der Waals surface area contributed by atoms with Crippen LogP contribution >= 0.6 is 47.1 Å². The van der Waals surface area contributed by atoms with E-state index >= 15 is 0 Å². The second-order valence-electron chi connectivity index (χ2n) is 5.58. The first-order valence-corrected chi connectivity index (χ1v) is 9.42. The number of guanidine groups is 1. The van der Waals surface area contributed by atoms with E-state index in [1.165, 1.54) is 9.88 Å². The van der Waals surface area contributed by atoms with Gasteiger partial charge >= 0.3 is 0 Å². The van der Waals surface area contributed by atoms with E-state index in [0.29, 0.717) is 0 Å². The van der Waals surface area contributed by atoms with Gasteiger partial charge in [-0.05, 0) is 40.9 Å². The highest BCUT2D eigenvalue weighted by Crippen LogP contribution is 2.21. The van der Waals surface area contributed by atoms with Crippen LogP contribution in [-0.2, 0) is 6.42 Å². The zero-order valence-corrected chi connectivity index (χ0v) is 18.4. The molecule has 1 aromatic heterocycles. The fourth-order valence-corrected chi connectivity index (χ4v) is 2.74. The van der Waals surface area contributed by atoms with Gasteiger partial charge in [-0.2, -0.15) is 11.8 Å². The molecule has 0 aromatic carbocycles. The average Bonchev–Trinajstić information content (AvgIpc) is 2.75. The fourth-order valence-electron chi connectivity index (χ4n) is 1.61. The van der Waals surface area contributed by atoms with Gasteiger partial charge in [0.15, 0.2) is 5.96 Å². The zero-order chi connectivity index (χ0) is 15.9. The SMILES string of the molecule is CCNC(=NCC(C)(C)SC)NCCc1nc(C)c(C)s1.I. The van der Waals surface area contributed by atoms with Gasteiger partial charge in [-0.25, -0.2) is 4.98 Å². The minimum atomic E-state index is 0. The van der Waals surface area contributed by atoms with E-state index < -0.39 is 0 Å². The number of hydrogen-bond donors (Lipinski definition) is 2. The van der Waals surface area contributed by atoms with Crippen LogP contribution in [0.5, 0.6) is 0 Å². The standard InChI is InChI=1S/C15H28N4S2.HI/c1-7-16-14(18-10-15(4,5)20-6)17-9-8-13-19-11(2)12(3)21-13;/h7-10H2,1-6H3,(H2,16,17,18);1H. The van der Waals surface area contributed by atoms with Crippen LogP contribution in [-0.4, -0.2) is 41.6 Å². The van der Waals surface area contributed by atoms with Crippen molar-refractivity contribution in [1.82, 2.24) is 15.6 Å². The first kappa shape index (κ1) is 22.0. The summed E-state index contributed by atoms with van der Waals surface area (Å²) in [6.07, 6.45) is 3.07. The Kier molecular flexibility index (Phi) is 10.7. The van der Waals surface area contributed by atoms with E-state index in [2.05, 4.69) is 61.5 Å². The molecule has 0 radical (unpaired) electrons. The topological polar surface area (TPSA) is 49.3 Å². The quantitative estimate of drug-likeness (QED) is 0.374. The van der Waals surface area contributed by atoms with Crippen molar-refractivity contribution in [1.29, 1.82) is 0 Å². The largest absolute Gasteiger partial charge is 0.357 e. The number of aliphatic imine (C=N–C) groups is 1. The summed E-state index contributed by atoms with van der Waals surface area (Å²) >= 11 is 3.63. The lowest BCUT2D eigenvalue weighted by molar-refractivity contribution is 0.710. The molecule has 7 heteroatoms. The van der Waals surface area contributed by atoms with Crippen molar-refractivity contribution in [3.63, 3.8) is 0 Å². The smallest absolute Gasteiger partial charge is 0.191 e. The molecule has 128 valence electrons. The first-order valence-electron chi connectivity index (χ1n) is 7.38. The van der Waals surface area contributed by atoms with Crippen LogP contribution in [0.3, 0.4) is 0 Å². The summed E-state index contributed by atoms with van der Waals surface area (Å²) in [4.78, 5) is 10.5. The third kappa shape index (κ3) is 8.01. The predicted molar refractivity (Wildman–Crippen MR) is 112 cm³/mol. The second kappa shape index (κ2) is 10.7. The molecule has 22 heavy (non-hydrogen) atoms. The molecular weight excluding hydrogens is 427 g/mol. The molecule has 1 heterocycles. The van der Waals surface area contributed by atoms with Gasteiger partial charge in [-0.3, -0.25) is 4.99 Å². The molecule has 0 bridgehead atoms. The summed E-state index contributed by atoms with van der Waals surface area (Å²) in [6.45, 7) is 13.2. The zero-order valence-electron chi connectivity index (χ0n) is 14.4. The monoisotopic (exact) mass is 456 g/mol. The van der Waals surface area contributed by atoms with Gasteiger partial charge in [0.25, 0.3) is 0 Å². The van der Waals surface area contributed by atoms with Gasteiger partial charge in [0.2, 0.25) is 0 Å². The predicted octanol–water partition coefficient (Wildman–Crippen LogP) is 3.62. The molecule has 4 nitrogen and oxygen atoms in total. The van der Waals surface area contributed by atoms with Gasteiger partial charge in [-0.1, -0.05) is 0 Å². The molecule has 0 saturated carbocycles. The van der Waals surface area contributed by atoms with Gasteiger partial charge in [0, 0.05) is 29.1 Å². The number of hydrogen-bond acceptors (Lipinski definition) is 4. The lowest BCUT2D eigenvalue weighted by atomic mass is 10.2. The maximum Gasteiger partial charge on any atom is 0.191 e. The maximum atomic E-state index is 4.67. The van der Waals surface area contributed by atoms with Crippen LogP contribution < -0.4 is 10.6 Å². The maximum absolute atomic E-state index is 4.67. The number of thioether (sulfide) groups is 1. The molecule has 1 rings (SSSR count). The number of halogens is 1. The highest BCUT2D eigenvalue weighted by Gasteiger charge is 2.15. The third-order valence-electron chi connectivity index (χ3n) is 3.22. The van der Waals surface area contributed by atoms with Gasteiger partial charge in [0.05, 0.1) is 17.2 Å². The summed E-state index contributed by atoms with van der Waals surface area (Å²) in [7, 11) is 0. The van der Waals surface area contributed by atoms with Crippen LogP contribution in [0.15, 0.2) is 4.99 Å². The Bertz CT molecular complexity index is 453. The van der Waals surface area contributed by atoms with Gasteiger partial charge in [0.1, 0.15) is 0 Å². The lowest BCUT2D eigenvalue weighted by Gasteiger charge is -2.20. The number of nitrogens with zero attached hydrogens (tertiary/aromatic N) is 2. The molecule has 0 unspecified atom stereocenters. The Balaban J connectivity index is 0.00000441. The number of aromatic nitrogens is 1. The first-order chi connectivity index (χ1) is 9.88. The molecule has 0 amide bonds. The van der Waals surface area contributed by atoms with Gasteiger partial charge in [-0.15, -0.1) is 35.3 Å². The van der Waals surface area contributed by atoms with Crippen LogP contribution in [0.25, 0.3) is 0 Å². The Labute approximate surface area is 160 Å². The van der Waals surface area contributed by atoms with E-state index in [1.807, 2.05) is 11.8 Å². The Morgan fingerprint density at radius 2 is 2.00 bits per heavy atom. The van der Waals surface area contributed by atoms with Crippen molar-refractivity contribution in [3.05, 3.63) is 15.6 Å². The van der Waals surface area contributed by atoms with Crippen molar-refractivity contribution in [2.45, 2.75) is 45.8 Å².